The van der Waals surface area contributed by atoms with Gasteiger partial charge in [0.25, 0.3) is 0 Å². The third kappa shape index (κ3) is 3.22. The fourth-order valence-electron chi connectivity index (χ4n) is 2.81. The van der Waals surface area contributed by atoms with Crippen LogP contribution in [0.3, 0.4) is 0 Å². The van der Waals surface area contributed by atoms with E-state index < -0.39 is 0 Å². The smallest absolute Gasteiger partial charge is 0.0376 e. The van der Waals surface area contributed by atoms with E-state index in [1.165, 1.54) is 30.8 Å². The molecule has 17 heavy (non-hydrogen) atoms. The van der Waals surface area contributed by atoms with Crippen molar-refractivity contribution in [1.29, 1.82) is 0 Å². The van der Waals surface area contributed by atoms with Crippen LogP contribution >= 0.6 is 0 Å². The predicted octanol–water partition coefficient (Wildman–Crippen LogP) is 3.17. The lowest BCUT2D eigenvalue weighted by atomic mass is 9.90. The molecule has 1 aliphatic heterocycles. The molecule has 1 heterocycles. The van der Waals surface area contributed by atoms with E-state index in [0.717, 1.165) is 12.5 Å². The quantitative estimate of drug-likeness (QED) is 0.857. The summed E-state index contributed by atoms with van der Waals surface area (Å²) in [6.45, 7) is 8.04. The van der Waals surface area contributed by atoms with Crippen LogP contribution in [0.15, 0.2) is 24.3 Å². The van der Waals surface area contributed by atoms with Gasteiger partial charge in [0.2, 0.25) is 0 Å². The first-order valence-corrected chi connectivity index (χ1v) is 6.68. The molecule has 0 fully saturated rings. The number of anilines is 1. The summed E-state index contributed by atoms with van der Waals surface area (Å²) in [6, 6.07) is 8.74. The zero-order valence-electron chi connectivity index (χ0n) is 11.2. The van der Waals surface area contributed by atoms with E-state index in [0.29, 0.717) is 5.92 Å². The number of rotatable bonds is 4. The highest BCUT2D eigenvalue weighted by Gasteiger charge is 2.20. The van der Waals surface area contributed by atoms with Crippen molar-refractivity contribution in [2.45, 2.75) is 26.2 Å². The Labute approximate surface area is 105 Å². The van der Waals surface area contributed by atoms with Gasteiger partial charge in [-0.2, -0.15) is 0 Å². The molecular formula is C15H24N2. The molecule has 0 aromatic heterocycles. The fourth-order valence-corrected chi connectivity index (χ4v) is 2.81. The van der Waals surface area contributed by atoms with Gasteiger partial charge in [0, 0.05) is 31.2 Å². The average Bonchev–Trinajstić information content (AvgIpc) is 2.28. The van der Waals surface area contributed by atoms with Crippen molar-refractivity contribution in [1.82, 2.24) is 4.90 Å². The van der Waals surface area contributed by atoms with Gasteiger partial charge in [0.15, 0.2) is 0 Å². The lowest BCUT2D eigenvalue weighted by molar-refractivity contribution is 0.273. The Morgan fingerprint density at radius 2 is 2.12 bits per heavy atom. The molecule has 1 unspecified atom stereocenters. The van der Waals surface area contributed by atoms with Crippen LogP contribution in [0.5, 0.6) is 0 Å². The van der Waals surface area contributed by atoms with E-state index in [1.807, 2.05) is 0 Å². The van der Waals surface area contributed by atoms with E-state index in [2.05, 4.69) is 55.4 Å². The zero-order chi connectivity index (χ0) is 12.3. The zero-order valence-corrected chi connectivity index (χ0v) is 11.2. The summed E-state index contributed by atoms with van der Waals surface area (Å²) >= 11 is 0. The molecule has 94 valence electrons. The maximum absolute atomic E-state index is 3.49. The van der Waals surface area contributed by atoms with Crippen LogP contribution in [0.25, 0.3) is 0 Å². The van der Waals surface area contributed by atoms with E-state index in [4.69, 9.17) is 0 Å². The molecule has 1 aromatic carbocycles. The highest BCUT2D eigenvalue weighted by Crippen LogP contribution is 2.31. The molecular weight excluding hydrogens is 208 g/mol. The first kappa shape index (κ1) is 12.4. The van der Waals surface area contributed by atoms with Gasteiger partial charge >= 0.3 is 0 Å². The van der Waals surface area contributed by atoms with E-state index in [9.17, 15) is 0 Å². The summed E-state index contributed by atoms with van der Waals surface area (Å²) in [7, 11) is 2.24. The Balaban J connectivity index is 2.03. The molecule has 1 atom stereocenters. The lowest BCUT2D eigenvalue weighted by Crippen LogP contribution is -2.31. The van der Waals surface area contributed by atoms with Crippen molar-refractivity contribution in [3.8, 4) is 0 Å². The van der Waals surface area contributed by atoms with Gasteiger partial charge in [-0.15, -0.1) is 0 Å². The number of hydrogen-bond donors (Lipinski definition) is 1. The minimum Gasteiger partial charge on any atom is -0.385 e. The van der Waals surface area contributed by atoms with Crippen molar-refractivity contribution in [3.63, 3.8) is 0 Å². The highest BCUT2D eigenvalue weighted by molar-refractivity contribution is 5.54. The van der Waals surface area contributed by atoms with E-state index in [-0.39, 0.29) is 0 Å². The number of benzene rings is 1. The minimum absolute atomic E-state index is 0.691. The predicted molar refractivity (Wildman–Crippen MR) is 74.6 cm³/mol. The molecule has 0 amide bonds. The largest absolute Gasteiger partial charge is 0.385 e. The molecule has 0 bridgehead atoms. The van der Waals surface area contributed by atoms with E-state index >= 15 is 0 Å². The lowest BCUT2D eigenvalue weighted by Gasteiger charge is -2.30. The number of nitrogens with one attached hydrogen (secondary N) is 1. The number of nitrogens with zero attached hydrogens (tertiary/aromatic N) is 1. The fraction of sp³-hybridized carbons (Fsp3) is 0.600. The molecule has 0 saturated heterocycles. The maximum atomic E-state index is 3.49. The van der Waals surface area contributed by atoms with Crippen LogP contribution in [-0.2, 0) is 0 Å². The van der Waals surface area contributed by atoms with Crippen molar-refractivity contribution < 1.29 is 0 Å². The third-order valence-electron chi connectivity index (χ3n) is 3.42. The van der Waals surface area contributed by atoms with Gasteiger partial charge in [-0.3, -0.25) is 0 Å². The number of fused-ring (bicyclic) bond motifs is 1. The normalized spacial score (nSPS) is 19.2. The number of likely N-dealkylation sites (N-methyl/N-ethyl adjacent to an activating group) is 1. The van der Waals surface area contributed by atoms with Crippen molar-refractivity contribution in [2.75, 3.05) is 32.0 Å². The molecule has 2 nitrogen and oxygen atoms in total. The summed E-state index contributed by atoms with van der Waals surface area (Å²) < 4.78 is 0. The molecule has 0 aliphatic carbocycles. The van der Waals surface area contributed by atoms with Crippen LogP contribution in [0.4, 0.5) is 5.69 Å². The van der Waals surface area contributed by atoms with Crippen LogP contribution in [0.2, 0.25) is 0 Å². The SMILES string of the molecule is CC(C)CN(C)CC1CCNc2ccccc21. The average molecular weight is 232 g/mol. The Hall–Kier alpha value is -1.02. The first-order chi connectivity index (χ1) is 8.16. The third-order valence-corrected chi connectivity index (χ3v) is 3.42. The van der Waals surface area contributed by atoms with Gasteiger partial charge in [0.05, 0.1) is 0 Å². The molecule has 1 N–H and O–H groups in total. The Kier molecular flexibility index (Phi) is 4.06. The van der Waals surface area contributed by atoms with Crippen molar-refractivity contribution in [3.05, 3.63) is 29.8 Å². The molecule has 0 saturated carbocycles. The molecule has 1 aromatic rings. The number of hydrogen-bond acceptors (Lipinski definition) is 2. The summed E-state index contributed by atoms with van der Waals surface area (Å²) in [5.74, 6) is 1.44. The number of para-hydroxylation sites is 1. The van der Waals surface area contributed by atoms with E-state index in [1.54, 1.807) is 0 Å². The highest BCUT2D eigenvalue weighted by atomic mass is 15.1. The van der Waals surface area contributed by atoms with Crippen LogP contribution < -0.4 is 5.32 Å². The Morgan fingerprint density at radius 3 is 2.88 bits per heavy atom. The summed E-state index contributed by atoms with van der Waals surface area (Å²) in [5, 5.41) is 3.49. The van der Waals surface area contributed by atoms with Gasteiger partial charge in [-0.25, -0.2) is 0 Å². The van der Waals surface area contributed by atoms with Crippen LogP contribution in [0, 0.1) is 5.92 Å². The molecule has 2 heteroatoms. The molecule has 0 radical (unpaired) electrons. The summed E-state index contributed by atoms with van der Waals surface area (Å²) in [6.07, 6.45) is 1.25. The van der Waals surface area contributed by atoms with Gasteiger partial charge < -0.3 is 10.2 Å². The molecule has 2 rings (SSSR count). The second-order valence-corrected chi connectivity index (χ2v) is 5.61. The van der Waals surface area contributed by atoms with Gasteiger partial charge in [0.1, 0.15) is 0 Å². The van der Waals surface area contributed by atoms with Crippen LogP contribution in [-0.4, -0.2) is 31.6 Å². The second kappa shape index (κ2) is 5.54. The monoisotopic (exact) mass is 232 g/mol. The molecule has 0 spiro atoms. The van der Waals surface area contributed by atoms with Crippen molar-refractivity contribution in [2.24, 2.45) is 5.92 Å². The van der Waals surface area contributed by atoms with Gasteiger partial charge in [-0.1, -0.05) is 32.0 Å². The summed E-state index contributed by atoms with van der Waals surface area (Å²) in [5.41, 5.74) is 2.83. The standard InChI is InChI=1S/C15H24N2/c1-12(2)10-17(3)11-13-8-9-16-15-7-5-4-6-14(13)15/h4-7,12-13,16H,8-11H2,1-3H3. The summed E-state index contributed by atoms with van der Waals surface area (Å²) in [4.78, 5) is 2.47. The topological polar surface area (TPSA) is 15.3 Å². The van der Waals surface area contributed by atoms with Gasteiger partial charge in [-0.05, 0) is 31.0 Å². The Bertz CT molecular complexity index is 360. The minimum atomic E-state index is 0.691. The second-order valence-electron chi connectivity index (χ2n) is 5.61. The Morgan fingerprint density at radius 1 is 1.35 bits per heavy atom. The molecule has 1 aliphatic rings. The van der Waals surface area contributed by atoms with Crippen molar-refractivity contribution >= 4 is 5.69 Å². The van der Waals surface area contributed by atoms with Crippen LogP contribution in [0.1, 0.15) is 31.7 Å². The maximum Gasteiger partial charge on any atom is 0.0376 e. The first-order valence-electron chi connectivity index (χ1n) is 6.68.